The molecule has 0 radical (unpaired) electrons. The molecule has 3 rings (SSSR count). The lowest BCUT2D eigenvalue weighted by Crippen LogP contribution is -2.49. The molecule has 7 heteroatoms. The van der Waals surface area contributed by atoms with Crippen LogP contribution in [0.5, 0.6) is 0 Å². The van der Waals surface area contributed by atoms with Crippen LogP contribution < -0.4 is 10.2 Å². The minimum Gasteiger partial charge on any atom is -0.481 e. The van der Waals surface area contributed by atoms with Crippen LogP contribution in [0.2, 0.25) is 0 Å². The van der Waals surface area contributed by atoms with Crippen molar-refractivity contribution < 1.29 is 14.7 Å². The number of urea groups is 1. The first-order chi connectivity index (χ1) is 12.0. The zero-order chi connectivity index (χ0) is 17.8. The molecule has 2 N–H and O–H groups in total. The molecule has 2 aliphatic heterocycles. The maximum absolute atomic E-state index is 12.4. The third kappa shape index (κ3) is 4.41. The number of rotatable bonds is 4. The molecule has 0 spiro atoms. The number of nitrogens with zero attached hydrogens (tertiary/aromatic N) is 3. The van der Waals surface area contributed by atoms with Gasteiger partial charge in [0.1, 0.15) is 5.82 Å². The monoisotopic (exact) mass is 346 g/mol. The van der Waals surface area contributed by atoms with E-state index in [2.05, 4.69) is 15.2 Å². The van der Waals surface area contributed by atoms with Gasteiger partial charge in [0.2, 0.25) is 0 Å². The molecule has 1 aromatic rings. The van der Waals surface area contributed by atoms with Crippen LogP contribution in [0.3, 0.4) is 0 Å². The molecule has 2 aliphatic rings. The number of carboxylic acid groups (broad SMARTS) is 1. The van der Waals surface area contributed by atoms with Gasteiger partial charge in [-0.25, -0.2) is 9.78 Å². The predicted octanol–water partition coefficient (Wildman–Crippen LogP) is 1.93. The van der Waals surface area contributed by atoms with Gasteiger partial charge in [-0.15, -0.1) is 0 Å². The number of hydrogen-bond donors (Lipinski definition) is 2. The van der Waals surface area contributed by atoms with Crippen molar-refractivity contribution in [3.63, 3.8) is 0 Å². The first-order valence-corrected chi connectivity index (χ1v) is 8.98. The molecule has 3 heterocycles. The number of nitrogens with one attached hydrogen (secondary N) is 1. The highest BCUT2D eigenvalue weighted by Gasteiger charge is 2.31. The summed E-state index contributed by atoms with van der Waals surface area (Å²) in [5.74, 6) is -0.120. The van der Waals surface area contributed by atoms with E-state index >= 15 is 0 Å². The number of likely N-dealkylation sites (tertiary alicyclic amines) is 1. The van der Waals surface area contributed by atoms with Gasteiger partial charge in [-0.05, 0) is 36.8 Å². The Kier molecular flexibility index (Phi) is 5.40. The first kappa shape index (κ1) is 17.5. The van der Waals surface area contributed by atoms with Gasteiger partial charge in [-0.2, -0.15) is 0 Å². The molecule has 0 saturated carbocycles. The Morgan fingerprint density at radius 2 is 2.04 bits per heavy atom. The summed E-state index contributed by atoms with van der Waals surface area (Å²) in [5.41, 5.74) is 0.941. The van der Waals surface area contributed by atoms with E-state index in [-0.39, 0.29) is 18.5 Å². The maximum Gasteiger partial charge on any atom is 0.317 e. The van der Waals surface area contributed by atoms with Gasteiger partial charge < -0.3 is 20.2 Å². The van der Waals surface area contributed by atoms with Crippen molar-refractivity contribution in [2.45, 2.75) is 32.7 Å². The summed E-state index contributed by atoms with van der Waals surface area (Å²) in [4.78, 5) is 31.9. The second-order valence-electron chi connectivity index (χ2n) is 7.16. The molecule has 25 heavy (non-hydrogen) atoms. The Labute approximate surface area is 148 Å². The summed E-state index contributed by atoms with van der Waals surface area (Å²) in [6.45, 7) is 5.37. The van der Waals surface area contributed by atoms with E-state index < -0.39 is 11.9 Å². The third-order valence-electron chi connectivity index (χ3n) is 4.98. The summed E-state index contributed by atoms with van der Waals surface area (Å²) in [7, 11) is 0. The van der Waals surface area contributed by atoms with E-state index in [4.69, 9.17) is 0 Å². The molecule has 0 aliphatic carbocycles. The minimum absolute atomic E-state index is 0.196. The van der Waals surface area contributed by atoms with Crippen molar-refractivity contribution in [3.05, 3.63) is 23.9 Å². The highest BCUT2D eigenvalue weighted by molar-refractivity contribution is 5.76. The van der Waals surface area contributed by atoms with Gasteiger partial charge in [-0.1, -0.05) is 13.0 Å². The number of carbonyl (C=O) groups is 2. The Morgan fingerprint density at radius 3 is 2.68 bits per heavy atom. The molecule has 2 unspecified atom stereocenters. The lowest BCUT2D eigenvalue weighted by molar-refractivity contribution is -0.143. The number of anilines is 1. The van der Waals surface area contributed by atoms with Crippen molar-refractivity contribution >= 4 is 17.8 Å². The summed E-state index contributed by atoms with van der Waals surface area (Å²) >= 11 is 0. The standard InChI is InChI=1S/C18H26N4O3/c1-13-8-15(17(23)24)12-22(11-13)18(25)20-10-14-4-5-16(19-9-14)21-6-2-3-7-21/h4-5,9,13,15H,2-3,6-8,10-12H2,1H3,(H,20,25)(H,23,24). The van der Waals surface area contributed by atoms with Gasteiger partial charge in [0.15, 0.2) is 0 Å². The van der Waals surface area contributed by atoms with Crippen LogP contribution in [0.1, 0.15) is 31.7 Å². The number of aromatic nitrogens is 1. The molecule has 2 saturated heterocycles. The molecular formula is C18H26N4O3. The van der Waals surface area contributed by atoms with Crippen molar-refractivity contribution in [1.82, 2.24) is 15.2 Å². The van der Waals surface area contributed by atoms with Gasteiger partial charge >= 0.3 is 12.0 Å². The highest BCUT2D eigenvalue weighted by atomic mass is 16.4. The van der Waals surface area contributed by atoms with E-state index in [1.807, 2.05) is 19.1 Å². The molecule has 7 nitrogen and oxygen atoms in total. The van der Waals surface area contributed by atoms with E-state index in [1.165, 1.54) is 12.8 Å². The number of pyridine rings is 1. The normalized spacial score (nSPS) is 23.6. The van der Waals surface area contributed by atoms with Gasteiger partial charge in [0.25, 0.3) is 0 Å². The van der Waals surface area contributed by atoms with Gasteiger partial charge in [0.05, 0.1) is 5.92 Å². The second-order valence-corrected chi connectivity index (χ2v) is 7.16. The molecular weight excluding hydrogens is 320 g/mol. The number of piperidine rings is 1. The van der Waals surface area contributed by atoms with Crippen molar-refractivity contribution in [3.8, 4) is 0 Å². The average Bonchev–Trinajstić information content (AvgIpc) is 3.14. The van der Waals surface area contributed by atoms with Crippen LogP contribution in [0, 0.1) is 11.8 Å². The predicted molar refractivity (Wildman–Crippen MR) is 94.4 cm³/mol. The van der Waals surface area contributed by atoms with Crippen LogP contribution in [-0.2, 0) is 11.3 Å². The number of carboxylic acids is 1. The van der Waals surface area contributed by atoms with Crippen LogP contribution in [0.25, 0.3) is 0 Å². The summed E-state index contributed by atoms with van der Waals surface area (Å²) in [6.07, 6.45) is 4.85. The van der Waals surface area contributed by atoms with Crippen LogP contribution in [-0.4, -0.2) is 53.2 Å². The number of carbonyl (C=O) groups excluding carboxylic acids is 1. The molecule has 0 bridgehead atoms. The average molecular weight is 346 g/mol. The summed E-state index contributed by atoms with van der Waals surface area (Å²) in [6, 6.07) is 3.78. The van der Waals surface area contributed by atoms with E-state index in [9.17, 15) is 14.7 Å². The first-order valence-electron chi connectivity index (χ1n) is 8.98. The van der Waals surface area contributed by atoms with Crippen LogP contribution in [0.4, 0.5) is 10.6 Å². The number of aliphatic carboxylic acids is 1. The Hall–Kier alpha value is -2.31. The van der Waals surface area contributed by atoms with Crippen LogP contribution in [0.15, 0.2) is 18.3 Å². The van der Waals surface area contributed by atoms with Crippen molar-refractivity contribution in [2.75, 3.05) is 31.1 Å². The zero-order valence-electron chi connectivity index (χ0n) is 14.6. The third-order valence-corrected chi connectivity index (χ3v) is 4.98. The molecule has 2 atom stereocenters. The molecule has 2 amide bonds. The van der Waals surface area contributed by atoms with Gasteiger partial charge in [0, 0.05) is 38.9 Å². The Balaban J connectivity index is 1.52. The van der Waals surface area contributed by atoms with Crippen molar-refractivity contribution in [1.29, 1.82) is 0 Å². The molecule has 136 valence electrons. The fraction of sp³-hybridized carbons (Fsp3) is 0.611. The maximum atomic E-state index is 12.4. The lowest BCUT2D eigenvalue weighted by Gasteiger charge is -2.34. The second kappa shape index (κ2) is 7.72. The quantitative estimate of drug-likeness (QED) is 0.870. The lowest BCUT2D eigenvalue weighted by atomic mass is 9.91. The fourth-order valence-corrected chi connectivity index (χ4v) is 3.64. The highest BCUT2D eigenvalue weighted by Crippen LogP contribution is 2.22. The fourth-order valence-electron chi connectivity index (χ4n) is 3.64. The minimum atomic E-state index is -0.828. The zero-order valence-corrected chi connectivity index (χ0v) is 14.6. The van der Waals surface area contributed by atoms with Gasteiger partial charge in [-0.3, -0.25) is 4.79 Å². The molecule has 2 fully saturated rings. The molecule has 0 aromatic carbocycles. The number of amides is 2. The smallest absolute Gasteiger partial charge is 0.317 e. The summed E-state index contributed by atoms with van der Waals surface area (Å²) in [5, 5.41) is 12.1. The van der Waals surface area contributed by atoms with E-state index in [0.29, 0.717) is 19.5 Å². The SMILES string of the molecule is CC1CC(C(=O)O)CN(C(=O)NCc2ccc(N3CCCC3)nc2)C1. The Morgan fingerprint density at radius 1 is 1.28 bits per heavy atom. The largest absolute Gasteiger partial charge is 0.481 e. The topological polar surface area (TPSA) is 85.8 Å². The number of hydrogen-bond acceptors (Lipinski definition) is 4. The van der Waals surface area contributed by atoms with E-state index in [1.54, 1.807) is 11.1 Å². The summed E-state index contributed by atoms with van der Waals surface area (Å²) < 4.78 is 0. The molecule has 1 aromatic heterocycles. The van der Waals surface area contributed by atoms with Crippen LogP contribution >= 0.6 is 0 Å². The van der Waals surface area contributed by atoms with Crippen molar-refractivity contribution in [2.24, 2.45) is 11.8 Å². The Bertz CT molecular complexity index is 613. The van der Waals surface area contributed by atoms with E-state index in [0.717, 1.165) is 24.5 Å².